The predicted molar refractivity (Wildman–Crippen MR) is 58.3 cm³/mol. The fraction of sp³-hybridized carbons (Fsp3) is 0.556. The molecule has 0 aliphatic carbocycles. The minimum atomic E-state index is -0.0417. The third-order valence-electron chi connectivity index (χ3n) is 3.03. The van der Waals surface area contributed by atoms with Crippen LogP contribution in [0.4, 0.5) is 5.82 Å². The van der Waals surface area contributed by atoms with Gasteiger partial charge in [0.05, 0.1) is 5.54 Å². The van der Waals surface area contributed by atoms with Crippen molar-refractivity contribution in [2.24, 2.45) is 0 Å². The summed E-state index contributed by atoms with van der Waals surface area (Å²) in [4.78, 5) is 9.41. The van der Waals surface area contributed by atoms with E-state index in [1.165, 1.54) is 0 Å². The van der Waals surface area contributed by atoms with Crippen molar-refractivity contribution in [3.63, 3.8) is 0 Å². The largest absolute Gasteiger partial charge is 0.383 e. The fourth-order valence-electron chi connectivity index (χ4n) is 1.82. The number of rotatable bonds is 0. The van der Waals surface area contributed by atoms with Crippen LogP contribution in [0.5, 0.6) is 0 Å². The van der Waals surface area contributed by atoms with E-state index in [9.17, 15) is 0 Å². The lowest BCUT2D eigenvalue weighted by Crippen LogP contribution is -2.32. The van der Waals surface area contributed by atoms with E-state index < -0.39 is 0 Å². The van der Waals surface area contributed by atoms with Gasteiger partial charge in [-0.1, -0.05) is 0 Å². The average Bonchev–Trinajstić information content (AvgIpc) is 2.28. The third kappa shape index (κ3) is 1.16. The molecule has 1 aliphatic rings. The van der Waals surface area contributed by atoms with E-state index in [-0.39, 0.29) is 5.54 Å². The summed E-state index contributed by atoms with van der Waals surface area (Å²) in [6.07, 6.45) is 0. The Bertz CT molecular complexity index is 435. The minimum Gasteiger partial charge on any atom is -0.383 e. The molecule has 0 atom stereocenters. The van der Waals surface area contributed by atoms with Gasteiger partial charge in [0, 0.05) is 17.8 Å². The van der Waals surface area contributed by atoms with E-state index in [1.54, 1.807) is 0 Å². The highest BCUT2D eigenvalue weighted by atomic mass is 32.1. The lowest BCUT2D eigenvalue weighted by Gasteiger charge is -2.27. The van der Waals surface area contributed by atoms with Gasteiger partial charge in [-0.05, 0) is 33.1 Å². The maximum atomic E-state index is 5.83. The second-order valence-corrected chi connectivity index (χ2v) is 4.58. The molecule has 0 bridgehead atoms. The second-order valence-electron chi connectivity index (χ2n) is 4.20. The molecule has 1 aromatic heterocycles. The van der Waals surface area contributed by atoms with Crippen LogP contribution in [0.1, 0.15) is 25.1 Å². The Kier molecular flexibility index (Phi) is 1.90. The molecule has 1 aliphatic heterocycles. The first-order valence-electron chi connectivity index (χ1n) is 4.53. The zero-order valence-corrected chi connectivity index (χ0v) is 9.40. The lowest BCUT2D eigenvalue weighted by molar-refractivity contribution is 0.175. The van der Waals surface area contributed by atoms with Gasteiger partial charge in [0.2, 0.25) is 0 Å². The fourth-order valence-corrected chi connectivity index (χ4v) is 2.02. The zero-order chi connectivity index (χ0) is 10.5. The SMILES string of the molecule is CN1Cc2c(N)nc(=S)[nH]c2C1(C)C. The van der Waals surface area contributed by atoms with Crippen molar-refractivity contribution >= 4 is 18.0 Å². The first kappa shape index (κ1) is 9.61. The highest BCUT2D eigenvalue weighted by Gasteiger charge is 2.37. The van der Waals surface area contributed by atoms with Crippen LogP contribution in [-0.2, 0) is 12.1 Å². The van der Waals surface area contributed by atoms with Gasteiger partial charge in [0.1, 0.15) is 5.82 Å². The average molecular weight is 210 g/mol. The molecule has 0 saturated carbocycles. The van der Waals surface area contributed by atoms with Crippen LogP contribution in [0, 0.1) is 4.77 Å². The highest BCUT2D eigenvalue weighted by Crippen LogP contribution is 2.37. The summed E-state index contributed by atoms with van der Waals surface area (Å²) in [5.41, 5.74) is 7.96. The molecule has 3 N–H and O–H groups in total. The number of fused-ring (bicyclic) bond motifs is 1. The molecule has 0 amide bonds. The standard InChI is InChI=1S/C9H14N4S/c1-9(2)6-5(4-13(9)3)7(10)12-8(14)11-6/h4H2,1-3H3,(H3,10,11,12,14). The van der Waals surface area contributed by atoms with Gasteiger partial charge in [-0.3, -0.25) is 4.90 Å². The molecule has 14 heavy (non-hydrogen) atoms. The summed E-state index contributed by atoms with van der Waals surface area (Å²) in [7, 11) is 2.07. The predicted octanol–water partition coefficient (Wildman–Crippen LogP) is 1.40. The van der Waals surface area contributed by atoms with E-state index in [4.69, 9.17) is 18.0 Å². The molecule has 0 spiro atoms. The number of hydrogen-bond donors (Lipinski definition) is 2. The van der Waals surface area contributed by atoms with Crippen LogP contribution in [0.3, 0.4) is 0 Å². The number of nitrogens with two attached hydrogens (primary N) is 1. The van der Waals surface area contributed by atoms with E-state index in [0.717, 1.165) is 17.8 Å². The quantitative estimate of drug-likeness (QED) is 0.636. The number of anilines is 1. The number of nitrogens with one attached hydrogen (secondary N) is 1. The summed E-state index contributed by atoms with van der Waals surface area (Å²) in [5.74, 6) is 0.557. The Morgan fingerprint density at radius 2 is 2.21 bits per heavy atom. The normalized spacial score (nSPS) is 19.6. The Morgan fingerprint density at radius 1 is 1.57 bits per heavy atom. The topological polar surface area (TPSA) is 57.9 Å². The Hall–Kier alpha value is -0.940. The molecular weight excluding hydrogens is 196 g/mol. The smallest absolute Gasteiger partial charge is 0.199 e. The molecule has 1 aromatic rings. The van der Waals surface area contributed by atoms with Crippen LogP contribution in [0.25, 0.3) is 0 Å². The van der Waals surface area contributed by atoms with Gasteiger partial charge in [-0.15, -0.1) is 0 Å². The van der Waals surface area contributed by atoms with Crippen molar-refractivity contribution in [2.45, 2.75) is 25.9 Å². The molecule has 2 heterocycles. The number of nitrogen functional groups attached to an aromatic ring is 1. The van der Waals surface area contributed by atoms with E-state index in [2.05, 4.69) is 35.8 Å². The van der Waals surface area contributed by atoms with Crippen molar-refractivity contribution in [3.8, 4) is 0 Å². The van der Waals surface area contributed by atoms with Crippen molar-refractivity contribution in [1.82, 2.24) is 14.9 Å². The minimum absolute atomic E-state index is 0.0417. The van der Waals surface area contributed by atoms with E-state index >= 15 is 0 Å². The van der Waals surface area contributed by atoms with Crippen LogP contribution < -0.4 is 5.73 Å². The van der Waals surface area contributed by atoms with E-state index in [0.29, 0.717) is 10.6 Å². The van der Waals surface area contributed by atoms with Crippen LogP contribution in [0.15, 0.2) is 0 Å². The van der Waals surface area contributed by atoms with Crippen molar-refractivity contribution in [1.29, 1.82) is 0 Å². The summed E-state index contributed by atoms with van der Waals surface area (Å²) < 4.78 is 0.463. The van der Waals surface area contributed by atoms with Crippen LogP contribution >= 0.6 is 12.2 Å². The Labute approximate surface area is 88.1 Å². The number of hydrogen-bond acceptors (Lipinski definition) is 4. The van der Waals surface area contributed by atoms with Gasteiger partial charge < -0.3 is 10.7 Å². The molecule has 2 rings (SSSR count). The Morgan fingerprint density at radius 3 is 2.86 bits per heavy atom. The first-order valence-corrected chi connectivity index (χ1v) is 4.94. The molecule has 4 nitrogen and oxygen atoms in total. The maximum absolute atomic E-state index is 5.83. The first-order chi connectivity index (χ1) is 6.43. The van der Waals surface area contributed by atoms with Gasteiger partial charge in [-0.25, -0.2) is 4.98 Å². The zero-order valence-electron chi connectivity index (χ0n) is 8.59. The molecule has 76 valence electrons. The maximum Gasteiger partial charge on any atom is 0.199 e. The summed E-state index contributed by atoms with van der Waals surface area (Å²) in [5, 5.41) is 0. The molecule has 0 unspecified atom stereocenters. The van der Waals surface area contributed by atoms with Gasteiger partial charge in [-0.2, -0.15) is 0 Å². The van der Waals surface area contributed by atoms with Crippen LogP contribution in [0.2, 0.25) is 0 Å². The van der Waals surface area contributed by atoms with Crippen molar-refractivity contribution in [3.05, 3.63) is 16.0 Å². The molecule has 0 saturated heterocycles. The second kappa shape index (κ2) is 2.77. The van der Waals surface area contributed by atoms with Crippen LogP contribution in [-0.4, -0.2) is 21.9 Å². The van der Waals surface area contributed by atoms with Gasteiger partial charge in [0.25, 0.3) is 0 Å². The highest BCUT2D eigenvalue weighted by molar-refractivity contribution is 7.71. The molecule has 0 radical (unpaired) electrons. The molecule has 5 heteroatoms. The molecule has 0 aromatic carbocycles. The lowest BCUT2D eigenvalue weighted by atomic mass is 10.0. The Balaban J connectivity index is 2.71. The van der Waals surface area contributed by atoms with Gasteiger partial charge in [0.15, 0.2) is 4.77 Å². The van der Waals surface area contributed by atoms with Crippen molar-refractivity contribution in [2.75, 3.05) is 12.8 Å². The monoisotopic (exact) mass is 210 g/mol. The van der Waals surface area contributed by atoms with Gasteiger partial charge >= 0.3 is 0 Å². The van der Waals surface area contributed by atoms with Crippen molar-refractivity contribution < 1.29 is 0 Å². The van der Waals surface area contributed by atoms with E-state index in [1.807, 2.05) is 0 Å². The number of aromatic amines is 1. The number of nitrogens with zero attached hydrogens (tertiary/aromatic N) is 2. The summed E-state index contributed by atoms with van der Waals surface area (Å²) >= 11 is 5.02. The summed E-state index contributed by atoms with van der Waals surface area (Å²) in [6.45, 7) is 5.11. The summed E-state index contributed by atoms with van der Waals surface area (Å²) in [6, 6.07) is 0. The molecule has 0 fully saturated rings. The number of H-pyrrole nitrogens is 1. The third-order valence-corrected chi connectivity index (χ3v) is 3.22. The number of aromatic nitrogens is 2. The molecular formula is C9H14N4S.